The monoisotopic (exact) mass is 160 g/mol. The van der Waals surface area contributed by atoms with E-state index in [0.29, 0.717) is 0 Å². The van der Waals surface area contributed by atoms with E-state index < -0.39 is 0 Å². The van der Waals surface area contributed by atoms with Crippen molar-refractivity contribution in [3.63, 3.8) is 0 Å². The lowest BCUT2D eigenvalue weighted by molar-refractivity contribution is -0.123. The summed E-state index contributed by atoms with van der Waals surface area (Å²) in [5.74, 6) is -0.182. The molecular weight excluding hydrogens is 144 g/mol. The van der Waals surface area contributed by atoms with Gasteiger partial charge in [-0.15, -0.1) is 0 Å². The van der Waals surface area contributed by atoms with Crippen LogP contribution >= 0.6 is 0 Å². The molecule has 0 aromatic heterocycles. The molecule has 0 fully saturated rings. The van der Waals surface area contributed by atoms with Gasteiger partial charge in [0, 0.05) is 31.5 Å². The van der Waals surface area contributed by atoms with Crippen molar-refractivity contribution in [2.24, 2.45) is 11.8 Å². The number of rotatable bonds is 5. The largest absolute Gasteiger partial charge is 0.396 e. The minimum Gasteiger partial charge on any atom is -0.396 e. The summed E-state index contributed by atoms with van der Waals surface area (Å²) in [4.78, 5) is 11.0. The zero-order chi connectivity index (χ0) is 8.85. The van der Waals surface area contributed by atoms with Gasteiger partial charge in [0.1, 0.15) is 5.78 Å². The minimum atomic E-state index is -0.273. The fraction of sp³-hybridized carbons (Fsp3) is 0.875. The van der Waals surface area contributed by atoms with E-state index in [1.807, 2.05) is 13.8 Å². The van der Waals surface area contributed by atoms with Gasteiger partial charge in [-0.1, -0.05) is 13.8 Å². The number of aliphatic hydroxyl groups is 2. The summed E-state index contributed by atoms with van der Waals surface area (Å²) in [6, 6.07) is 0. The van der Waals surface area contributed by atoms with E-state index in [0.717, 1.165) is 0 Å². The summed E-state index contributed by atoms with van der Waals surface area (Å²) in [7, 11) is 0. The summed E-state index contributed by atoms with van der Waals surface area (Å²) >= 11 is 0. The lowest BCUT2D eigenvalue weighted by Crippen LogP contribution is -2.19. The van der Waals surface area contributed by atoms with Crippen LogP contribution in [0.2, 0.25) is 0 Å². The SMILES string of the molecule is CC(C)C(=O)CC(CO)CO. The minimum absolute atomic E-state index is 0.00407. The molecule has 0 aromatic rings. The molecule has 11 heavy (non-hydrogen) atoms. The van der Waals surface area contributed by atoms with E-state index in [1.165, 1.54) is 0 Å². The van der Waals surface area contributed by atoms with Crippen molar-refractivity contribution in [1.29, 1.82) is 0 Å². The third-order valence-corrected chi connectivity index (χ3v) is 1.65. The average molecular weight is 160 g/mol. The predicted molar refractivity (Wildman–Crippen MR) is 42.1 cm³/mol. The topological polar surface area (TPSA) is 57.5 Å². The quantitative estimate of drug-likeness (QED) is 0.604. The molecule has 2 N–H and O–H groups in total. The molecule has 0 amide bonds. The van der Waals surface area contributed by atoms with Crippen molar-refractivity contribution in [3.8, 4) is 0 Å². The zero-order valence-electron chi connectivity index (χ0n) is 7.08. The number of carbonyl (C=O) groups is 1. The van der Waals surface area contributed by atoms with Gasteiger partial charge in [0.05, 0.1) is 0 Å². The maximum absolute atomic E-state index is 11.0. The number of hydrogen-bond acceptors (Lipinski definition) is 3. The van der Waals surface area contributed by atoms with Crippen molar-refractivity contribution in [2.75, 3.05) is 13.2 Å². The number of ketones is 1. The fourth-order valence-corrected chi connectivity index (χ4v) is 0.707. The van der Waals surface area contributed by atoms with Gasteiger partial charge in [0.15, 0.2) is 0 Å². The Hall–Kier alpha value is -0.410. The first-order chi connectivity index (χ1) is 5.11. The van der Waals surface area contributed by atoms with E-state index >= 15 is 0 Å². The lowest BCUT2D eigenvalue weighted by atomic mass is 9.98. The first kappa shape index (κ1) is 10.6. The Morgan fingerprint density at radius 1 is 1.27 bits per heavy atom. The van der Waals surface area contributed by atoms with Gasteiger partial charge in [-0.3, -0.25) is 4.79 Å². The third kappa shape index (κ3) is 4.11. The Morgan fingerprint density at radius 3 is 2.00 bits per heavy atom. The predicted octanol–water partition coefficient (Wildman–Crippen LogP) is 0.202. The molecule has 0 radical (unpaired) electrons. The van der Waals surface area contributed by atoms with Crippen LogP contribution in [0, 0.1) is 11.8 Å². The smallest absolute Gasteiger partial charge is 0.135 e. The van der Waals surface area contributed by atoms with E-state index in [1.54, 1.807) is 0 Å². The molecule has 66 valence electrons. The van der Waals surface area contributed by atoms with Crippen LogP contribution in [0.5, 0.6) is 0 Å². The summed E-state index contributed by atoms with van der Waals surface area (Å²) in [5.41, 5.74) is 0. The average Bonchev–Trinajstić information content (AvgIpc) is 1.99. The van der Waals surface area contributed by atoms with Crippen molar-refractivity contribution < 1.29 is 15.0 Å². The van der Waals surface area contributed by atoms with Crippen molar-refractivity contribution in [3.05, 3.63) is 0 Å². The Bertz CT molecular complexity index is 117. The molecule has 0 saturated heterocycles. The van der Waals surface area contributed by atoms with Crippen LogP contribution in [0.25, 0.3) is 0 Å². The van der Waals surface area contributed by atoms with Crippen LogP contribution in [-0.2, 0) is 4.79 Å². The Labute approximate surface area is 67.0 Å². The van der Waals surface area contributed by atoms with Crippen molar-refractivity contribution in [1.82, 2.24) is 0 Å². The second kappa shape index (κ2) is 5.27. The summed E-state index contributed by atoms with van der Waals surface area (Å²) < 4.78 is 0. The number of carbonyl (C=O) groups excluding carboxylic acids is 1. The van der Waals surface area contributed by atoms with E-state index in [2.05, 4.69) is 0 Å². The Balaban J connectivity index is 3.72. The first-order valence-electron chi connectivity index (χ1n) is 3.86. The number of hydrogen-bond donors (Lipinski definition) is 2. The molecule has 0 aromatic carbocycles. The molecule has 0 bridgehead atoms. The summed E-state index contributed by atoms with van der Waals surface area (Å²) in [6.07, 6.45) is 0.282. The van der Waals surface area contributed by atoms with Crippen LogP contribution in [0.1, 0.15) is 20.3 Å². The molecular formula is C8H16O3. The highest BCUT2D eigenvalue weighted by molar-refractivity contribution is 5.80. The highest BCUT2D eigenvalue weighted by Crippen LogP contribution is 2.07. The highest BCUT2D eigenvalue weighted by Gasteiger charge is 2.14. The van der Waals surface area contributed by atoms with Gasteiger partial charge >= 0.3 is 0 Å². The number of aliphatic hydroxyl groups excluding tert-OH is 2. The van der Waals surface area contributed by atoms with E-state index in [-0.39, 0.29) is 37.3 Å². The summed E-state index contributed by atoms with van der Waals surface area (Å²) in [5, 5.41) is 17.3. The molecule has 3 heteroatoms. The van der Waals surface area contributed by atoms with Crippen LogP contribution in [-0.4, -0.2) is 29.2 Å². The van der Waals surface area contributed by atoms with Crippen LogP contribution in [0.15, 0.2) is 0 Å². The standard InChI is InChI=1S/C8H16O3/c1-6(2)8(11)3-7(4-9)5-10/h6-7,9-10H,3-5H2,1-2H3. The van der Waals surface area contributed by atoms with Gasteiger partial charge in [-0.05, 0) is 0 Å². The van der Waals surface area contributed by atoms with Gasteiger partial charge in [-0.2, -0.15) is 0 Å². The van der Waals surface area contributed by atoms with Crippen molar-refractivity contribution >= 4 is 5.78 Å². The van der Waals surface area contributed by atoms with Crippen LogP contribution < -0.4 is 0 Å². The number of Topliss-reactive ketones (excluding diaryl/α,β-unsaturated/α-hetero) is 1. The van der Waals surface area contributed by atoms with Crippen molar-refractivity contribution in [2.45, 2.75) is 20.3 Å². The van der Waals surface area contributed by atoms with Gasteiger partial charge in [0.25, 0.3) is 0 Å². The molecule has 3 nitrogen and oxygen atoms in total. The molecule has 0 saturated carbocycles. The molecule has 0 aliphatic heterocycles. The van der Waals surface area contributed by atoms with Gasteiger partial charge < -0.3 is 10.2 Å². The third-order valence-electron chi connectivity index (χ3n) is 1.65. The zero-order valence-corrected chi connectivity index (χ0v) is 7.08. The lowest BCUT2D eigenvalue weighted by Gasteiger charge is -2.10. The summed E-state index contributed by atoms with van der Waals surface area (Å²) in [6.45, 7) is 3.40. The molecule has 0 rings (SSSR count). The molecule has 0 unspecified atom stereocenters. The van der Waals surface area contributed by atoms with Crippen LogP contribution in [0.3, 0.4) is 0 Å². The molecule has 0 heterocycles. The first-order valence-corrected chi connectivity index (χ1v) is 3.86. The molecule has 0 atom stereocenters. The van der Waals surface area contributed by atoms with Gasteiger partial charge in [-0.25, -0.2) is 0 Å². The molecule has 0 aliphatic rings. The Kier molecular flexibility index (Phi) is 5.07. The molecule has 0 spiro atoms. The fourth-order valence-electron chi connectivity index (χ4n) is 0.707. The maximum atomic E-state index is 11.0. The van der Waals surface area contributed by atoms with E-state index in [4.69, 9.17) is 10.2 Å². The second-order valence-corrected chi connectivity index (χ2v) is 3.06. The Morgan fingerprint density at radius 2 is 1.73 bits per heavy atom. The maximum Gasteiger partial charge on any atom is 0.135 e. The van der Waals surface area contributed by atoms with Gasteiger partial charge in [0.2, 0.25) is 0 Å². The van der Waals surface area contributed by atoms with E-state index in [9.17, 15) is 4.79 Å². The normalized spacial score (nSPS) is 11.1. The molecule has 0 aliphatic carbocycles. The van der Waals surface area contributed by atoms with Crippen LogP contribution in [0.4, 0.5) is 0 Å². The highest BCUT2D eigenvalue weighted by atomic mass is 16.3. The second-order valence-electron chi connectivity index (χ2n) is 3.06.